The van der Waals surface area contributed by atoms with Gasteiger partial charge in [0, 0.05) is 36.3 Å². The molecular formula is C22H27N3O2S. The first-order valence-corrected chi connectivity index (χ1v) is 10.4. The van der Waals surface area contributed by atoms with E-state index >= 15 is 0 Å². The van der Waals surface area contributed by atoms with Gasteiger partial charge in [0.05, 0.1) is 23.6 Å². The van der Waals surface area contributed by atoms with Crippen molar-refractivity contribution in [1.82, 2.24) is 14.9 Å². The van der Waals surface area contributed by atoms with E-state index in [-0.39, 0.29) is 11.9 Å². The molecule has 0 spiro atoms. The second-order valence-corrected chi connectivity index (χ2v) is 7.72. The van der Waals surface area contributed by atoms with Gasteiger partial charge in [-0.25, -0.2) is 4.98 Å². The van der Waals surface area contributed by atoms with Crippen molar-refractivity contribution in [2.75, 3.05) is 13.7 Å². The molecule has 0 aliphatic carbocycles. The number of aromatic nitrogens is 2. The third-order valence-electron chi connectivity index (χ3n) is 4.91. The van der Waals surface area contributed by atoms with Crippen molar-refractivity contribution in [3.63, 3.8) is 0 Å². The van der Waals surface area contributed by atoms with E-state index in [9.17, 15) is 4.79 Å². The van der Waals surface area contributed by atoms with Gasteiger partial charge in [0.2, 0.25) is 0 Å². The summed E-state index contributed by atoms with van der Waals surface area (Å²) in [6.07, 6.45) is 0.897. The van der Waals surface area contributed by atoms with E-state index in [1.807, 2.05) is 38.1 Å². The van der Waals surface area contributed by atoms with Crippen molar-refractivity contribution in [1.29, 1.82) is 0 Å². The summed E-state index contributed by atoms with van der Waals surface area (Å²) in [5.74, 6) is -0.0391. The Labute approximate surface area is 170 Å². The molecule has 148 valence electrons. The Balaban J connectivity index is 1.98. The highest BCUT2D eigenvalue weighted by Gasteiger charge is 2.21. The standard InChI is InChI=1S/C22H27N3O2S/c1-5-15(2)23-21(26)18-13-20(25(16(18)3)11-12-27-4)19-14-28-22(24-19)17-9-7-6-8-10-17/h6-10,13-15H,5,11-12H2,1-4H3,(H,23,26). The molecule has 2 aromatic heterocycles. The molecule has 1 N–H and O–H groups in total. The van der Waals surface area contributed by atoms with Crippen LogP contribution >= 0.6 is 11.3 Å². The second-order valence-electron chi connectivity index (χ2n) is 6.86. The largest absolute Gasteiger partial charge is 0.383 e. The summed E-state index contributed by atoms with van der Waals surface area (Å²) in [6, 6.07) is 12.2. The van der Waals surface area contributed by atoms with Crippen LogP contribution in [0.2, 0.25) is 0 Å². The Bertz CT molecular complexity index is 931. The molecular weight excluding hydrogens is 370 g/mol. The number of amides is 1. The summed E-state index contributed by atoms with van der Waals surface area (Å²) in [5.41, 5.74) is 4.55. The molecule has 0 fully saturated rings. The SMILES string of the molecule is CCC(C)NC(=O)c1cc(-c2csc(-c3ccccc3)n2)n(CCOC)c1C. The fraction of sp³-hybridized carbons (Fsp3) is 0.364. The first-order chi connectivity index (χ1) is 13.5. The Morgan fingerprint density at radius 3 is 2.75 bits per heavy atom. The van der Waals surface area contributed by atoms with Crippen LogP contribution in [-0.2, 0) is 11.3 Å². The molecule has 0 bridgehead atoms. The lowest BCUT2D eigenvalue weighted by molar-refractivity contribution is 0.0938. The number of benzene rings is 1. The van der Waals surface area contributed by atoms with Crippen LogP contribution in [-0.4, -0.2) is 35.2 Å². The molecule has 0 saturated heterocycles. The lowest BCUT2D eigenvalue weighted by atomic mass is 10.2. The number of hydrogen-bond donors (Lipinski definition) is 1. The number of thiazole rings is 1. The molecule has 1 aromatic carbocycles. The Morgan fingerprint density at radius 1 is 1.32 bits per heavy atom. The fourth-order valence-electron chi connectivity index (χ4n) is 3.07. The molecule has 0 radical (unpaired) electrons. The maximum absolute atomic E-state index is 12.8. The van der Waals surface area contributed by atoms with Crippen LogP contribution in [0.25, 0.3) is 22.0 Å². The monoisotopic (exact) mass is 397 g/mol. The average Bonchev–Trinajstić information content (AvgIpc) is 3.32. The lowest BCUT2D eigenvalue weighted by Gasteiger charge is -2.12. The number of methoxy groups -OCH3 is 1. The molecule has 6 heteroatoms. The summed E-state index contributed by atoms with van der Waals surface area (Å²) in [7, 11) is 1.69. The van der Waals surface area contributed by atoms with Gasteiger partial charge in [-0.05, 0) is 26.3 Å². The summed E-state index contributed by atoms with van der Waals surface area (Å²) >= 11 is 1.61. The predicted molar refractivity (Wildman–Crippen MR) is 115 cm³/mol. The Morgan fingerprint density at radius 2 is 2.07 bits per heavy atom. The quantitative estimate of drug-likeness (QED) is 0.596. The molecule has 2 heterocycles. The number of nitrogens with zero attached hydrogens (tertiary/aromatic N) is 2. The second kappa shape index (κ2) is 9.17. The van der Waals surface area contributed by atoms with Crippen LogP contribution in [0.4, 0.5) is 0 Å². The first-order valence-electron chi connectivity index (χ1n) is 9.56. The van der Waals surface area contributed by atoms with Crippen molar-refractivity contribution in [3.05, 3.63) is 53.0 Å². The molecule has 5 nitrogen and oxygen atoms in total. The topological polar surface area (TPSA) is 56.2 Å². The maximum atomic E-state index is 12.8. The molecule has 1 atom stereocenters. The van der Waals surface area contributed by atoms with E-state index in [0.29, 0.717) is 18.7 Å². The summed E-state index contributed by atoms with van der Waals surface area (Å²) < 4.78 is 7.40. The summed E-state index contributed by atoms with van der Waals surface area (Å²) in [6.45, 7) is 7.31. The highest BCUT2D eigenvalue weighted by Crippen LogP contribution is 2.31. The zero-order valence-electron chi connectivity index (χ0n) is 16.9. The maximum Gasteiger partial charge on any atom is 0.253 e. The fourth-order valence-corrected chi connectivity index (χ4v) is 3.89. The van der Waals surface area contributed by atoms with Crippen molar-refractivity contribution in [2.45, 2.75) is 39.8 Å². The zero-order valence-corrected chi connectivity index (χ0v) is 17.7. The van der Waals surface area contributed by atoms with Crippen LogP contribution in [0.5, 0.6) is 0 Å². The number of ether oxygens (including phenoxy) is 1. The normalized spacial score (nSPS) is 12.1. The summed E-state index contributed by atoms with van der Waals surface area (Å²) in [5, 5.41) is 6.09. The van der Waals surface area contributed by atoms with Crippen molar-refractivity contribution in [2.24, 2.45) is 0 Å². The predicted octanol–water partition coefficient (Wildman–Crippen LogP) is 4.76. The molecule has 3 rings (SSSR count). The molecule has 0 saturated carbocycles. The van der Waals surface area contributed by atoms with E-state index in [1.165, 1.54) is 0 Å². The number of rotatable bonds is 8. The third-order valence-corrected chi connectivity index (χ3v) is 5.80. The van der Waals surface area contributed by atoms with E-state index < -0.39 is 0 Å². The molecule has 0 aliphatic rings. The van der Waals surface area contributed by atoms with Crippen molar-refractivity contribution >= 4 is 17.2 Å². The molecule has 1 unspecified atom stereocenters. The van der Waals surface area contributed by atoms with Gasteiger partial charge in [-0.15, -0.1) is 11.3 Å². The van der Waals surface area contributed by atoms with E-state index in [1.54, 1.807) is 18.4 Å². The minimum absolute atomic E-state index is 0.0391. The Hall–Kier alpha value is -2.44. The number of nitrogens with one attached hydrogen (secondary N) is 1. The van der Waals surface area contributed by atoms with Crippen LogP contribution in [0.15, 0.2) is 41.8 Å². The van der Waals surface area contributed by atoms with Gasteiger partial charge in [-0.3, -0.25) is 4.79 Å². The lowest BCUT2D eigenvalue weighted by Crippen LogP contribution is -2.32. The smallest absolute Gasteiger partial charge is 0.253 e. The first kappa shape index (κ1) is 20.3. The van der Waals surface area contributed by atoms with Crippen LogP contribution in [0.1, 0.15) is 36.3 Å². The minimum Gasteiger partial charge on any atom is -0.383 e. The van der Waals surface area contributed by atoms with Gasteiger partial charge < -0.3 is 14.6 Å². The molecule has 0 aliphatic heterocycles. The van der Waals surface area contributed by atoms with E-state index in [0.717, 1.165) is 34.1 Å². The third kappa shape index (κ3) is 4.34. The van der Waals surface area contributed by atoms with Crippen LogP contribution < -0.4 is 5.32 Å². The Kier molecular flexibility index (Phi) is 6.65. The number of carbonyl (C=O) groups excluding carboxylic acids is 1. The molecule has 28 heavy (non-hydrogen) atoms. The van der Waals surface area contributed by atoms with Crippen LogP contribution in [0.3, 0.4) is 0 Å². The van der Waals surface area contributed by atoms with Gasteiger partial charge in [0.1, 0.15) is 5.01 Å². The van der Waals surface area contributed by atoms with E-state index in [4.69, 9.17) is 9.72 Å². The highest BCUT2D eigenvalue weighted by molar-refractivity contribution is 7.13. The number of hydrogen-bond acceptors (Lipinski definition) is 4. The summed E-state index contributed by atoms with van der Waals surface area (Å²) in [4.78, 5) is 17.6. The van der Waals surface area contributed by atoms with Crippen molar-refractivity contribution in [3.8, 4) is 22.0 Å². The molecule has 1 amide bonds. The van der Waals surface area contributed by atoms with Gasteiger partial charge in [-0.1, -0.05) is 37.3 Å². The number of carbonyl (C=O) groups is 1. The van der Waals surface area contributed by atoms with Gasteiger partial charge >= 0.3 is 0 Å². The van der Waals surface area contributed by atoms with Gasteiger partial charge in [0.25, 0.3) is 5.91 Å². The van der Waals surface area contributed by atoms with Crippen LogP contribution in [0, 0.1) is 6.92 Å². The van der Waals surface area contributed by atoms with Gasteiger partial charge in [-0.2, -0.15) is 0 Å². The zero-order chi connectivity index (χ0) is 20.1. The van der Waals surface area contributed by atoms with E-state index in [2.05, 4.69) is 34.3 Å². The average molecular weight is 398 g/mol. The van der Waals surface area contributed by atoms with Gasteiger partial charge in [0.15, 0.2) is 0 Å². The minimum atomic E-state index is -0.0391. The van der Waals surface area contributed by atoms with Crippen molar-refractivity contribution < 1.29 is 9.53 Å². The molecule has 3 aromatic rings. The highest BCUT2D eigenvalue weighted by atomic mass is 32.1.